The first-order valence-electron chi connectivity index (χ1n) is 9.84. The van der Waals surface area contributed by atoms with Crippen LogP contribution in [0.4, 0.5) is 22.0 Å². The summed E-state index contributed by atoms with van der Waals surface area (Å²) in [6.07, 6.45) is -6.17. The molecular weight excluding hydrogens is 425 g/mol. The van der Waals surface area contributed by atoms with Crippen LogP contribution in [0.15, 0.2) is 23.1 Å². The molecule has 0 N–H and O–H groups in total. The summed E-state index contributed by atoms with van der Waals surface area (Å²) in [6.45, 7) is 0.997. The Morgan fingerprint density at radius 2 is 1.84 bits per heavy atom. The van der Waals surface area contributed by atoms with Gasteiger partial charge in [0.15, 0.2) is 12.3 Å². The Bertz CT molecular complexity index is 1020. The Kier molecular flexibility index (Phi) is 5.34. The van der Waals surface area contributed by atoms with Crippen molar-refractivity contribution in [3.63, 3.8) is 0 Å². The Hall–Kier alpha value is -2.79. The van der Waals surface area contributed by atoms with Crippen molar-refractivity contribution in [3.8, 4) is 0 Å². The maximum atomic E-state index is 13.6. The van der Waals surface area contributed by atoms with Crippen molar-refractivity contribution in [1.29, 1.82) is 0 Å². The molecule has 2 aromatic heterocycles. The summed E-state index contributed by atoms with van der Waals surface area (Å²) in [4.78, 5) is 30.3. The summed E-state index contributed by atoms with van der Waals surface area (Å²) in [5.41, 5.74) is -1.32. The number of hydrogen-bond acceptors (Lipinski definition) is 4. The minimum atomic E-state index is -4.57. The molecule has 0 radical (unpaired) electrons. The van der Waals surface area contributed by atoms with Crippen LogP contribution in [0.3, 0.4) is 0 Å². The van der Waals surface area contributed by atoms with Gasteiger partial charge in [-0.3, -0.25) is 14.3 Å². The van der Waals surface area contributed by atoms with Gasteiger partial charge < -0.3 is 4.90 Å². The highest BCUT2D eigenvalue weighted by Crippen LogP contribution is 2.33. The average molecular weight is 445 g/mol. The number of fused-ring (bicyclic) bond motifs is 1. The van der Waals surface area contributed by atoms with Gasteiger partial charge in [0.25, 0.3) is 0 Å². The van der Waals surface area contributed by atoms with Gasteiger partial charge in [-0.15, -0.1) is 0 Å². The number of alkyl halides is 5. The second-order valence-corrected chi connectivity index (χ2v) is 7.99. The van der Waals surface area contributed by atoms with Crippen molar-refractivity contribution in [1.82, 2.24) is 24.2 Å². The minimum Gasteiger partial charge on any atom is -0.335 e. The van der Waals surface area contributed by atoms with Crippen LogP contribution in [0.1, 0.15) is 48.8 Å². The summed E-state index contributed by atoms with van der Waals surface area (Å²) in [7, 11) is 0. The van der Waals surface area contributed by atoms with Gasteiger partial charge in [-0.1, -0.05) is 13.0 Å². The lowest BCUT2D eigenvalue weighted by Crippen LogP contribution is -2.42. The van der Waals surface area contributed by atoms with Crippen LogP contribution in [0.2, 0.25) is 0 Å². The topological polar surface area (TPSA) is 73.0 Å². The van der Waals surface area contributed by atoms with E-state index < -0.39 is 41.9 Å². The predicted octanol–water partition coefficient (Wildman–Crippen LogP) is 2.46. The number of hydrogen-bond donors (Lipinski definition) is 0. The van der Waals surface area contributed by atoms with Crippen molar-refractivity contribution in [3.05, 3.63) is 45.9 Å². The van der Waals surface area contributed by atoms with E-state index in [-0.39, 0.29) is 25.6 Å². The molecule has 0 saturated carbocycles. The molecule has 4 rings (SSSR count). The average Bonchev–Trinajstić information content (AvgIpc) is 3.22. The third-order valence-electron chi connectivity index (χ3n) is 5.75. The highest BCUT2D eigenvalue weighted by molar-refractivity contribution is 5.81. The number of halogens is 5. The molecule has 1 saturated heterocycles. The van der Waals surface area contributed by atoms with E-state index in [1.165, 1.54) is 10.6 Å². The van der Waals surface area contributed by atoms with Crippen LogP contribution in [0.25, 0.3) is 0 Å². The molecule has 4 atom stereocenters. The number of nitrogens with zero attached hydrogens (tertiary/aromatic N) is 5. The second kappa shape index (κ2) is 7.72. The second-order valence-electron chi connectivity index (χ2n) is 7.99. The lowest BCUT2D eigenvalue weighted by molar-refractivity contribution is -0.141. The van der Waals surface area contributed by atoms with E-state index in [2.05, 4.69) is 10.1 Å². The summed E-state index contributed by atoms with van der Waals surface area (Å²) in [6, 6.07) is 1.11. The van der Waals surface area contributed by atoms with Crippen molar-refractivity contribution in [2.75, 3.05) is 13.1 Å². The molecule has 0 bridgehead atoms. The van der Waals surface area contributed by atoms with Crippen LogP contribution in [0.5, 0.6) is 0 Å². The Labute approximate surface area is 173 Å². The predicted molar refractivity (Wildman–Crippen MR) is 97.9 cm³/mol. The molecule has 2 aromatic rings. The zero-order chi connectivity index (χ0) is 22.5. The number of pyridine rings is 1. The Balaban J connectivity index is 1.61. The minimum absolute atomic E-state index is 0.125. The van der Waals surface area contributed by atoms with E-state index in [9.17, 15) is 31.5 Å². The highest BCUT2D eigenvalue weighted by Gasteiger charge is 2.41. The molecule has 0 aromatic carbocycles. The molecule has 0 unspecified atom stereocenters. The van der Waals surface area contributed by atoms with Crippen LogP contribution >= 0.6 is 0 Å². The number of carbonyl (C=O) groups excluding carboxylic acids is 1. The maximum absolute atomic E-state index is 13.6. The van der Waals surface area contributed by atoms with E-state index in [1.54, 1.807) is 0 Å². The van der Waals surface area contributed by atoms with Gasteiger partial charge in [-0.05, 0) is 24.5 Å². The first-order valence-corrected chi connectivity index (χ1v) is 9.84. The SMILES string of the molecule is C[C@@H]1CC[C@H](C(=O)N2C[C@@H](F)[C@@H](F)C2)n2c1nn(Cc1ccc(C(F)(F)F)nc1)c2=O. The molecule has 168 valence electrons. The third kappa shape index (κ3) is 3.94. The summed E-state index contributed by atoms with van der Waals surface area (Å²) < 4.78 is 67.5. The van der Waals surface area contributed by atoms with Crippen molar-refractivity contribution in [2.24, 2.45) is 0 Å². The van der Waals surface area contributed by atoms with Gasteiger partial charge in [0, 0.05) is 12.1 Å². The number of likely N-dealkylation sites (tertiary alicyclic amines) is 1. The fourth-order valence-corrected chi connectivity index (χ4v) is 4.04. The standard InChI is InChI=1S/C19H20F5N5O2/c1-10-2-4-14(17(30)27-8-12(20)13(21)9-27)29-16(10)26-28(18(29)31)7-11-3-5-15(25-6-11)19(22,23)24/h3,5-6,10,12-14H,2,4,7-9H2,1H3/t10-,12-,13+,14-/m1/s1. The molecule has 7 nitrogen and oxygen atoms in total. The molecule has 1 fully saturated rings. The lowest BCUT2D eigenvalue weighted by atomic mass is 9.95. The number of carbonyl (C=O) groups is 1. The van der Waals surface area contributed by atoms with Crippen LogP contribution in [-0.4, -0.2) is 55.6 Å². The van der Waals surface area contributed by atoms with E-state index in [0.717, 1.165) is 21.8 Å². The molecular formula is C19H20F5N5O2. The van der Waals surface area contributed by atoms with Crippen molar-refractivity contribution in [2.45, 2.75) is 56.8 Å². The number of amides is 1. The van der Waals surface area contributed by atoms with Gasteiger partial charge in [0.05, 0.1) is 19.6 Å². The molecule has 31 heavy (non-hydrogen) atoms. The molecule has 1 amide bonds. The smallest absolute Gasteiger partial charge is 0.335 e. The zero-order valence-electron chi connectivity index (χ0n) is 16.5. The Morgan fingerprint density at radius 1 is 1.16 bits per heavy atom. The Morgan fingerprint density at radius 3 is 2.42 bits per heavy atom. The van der Waals surface area contributed by atoms with Gasteiger partial charge in [0.1, 0.15) is 17.6 Å². The molecule has 0 spiro atoms. The number of rotatable bonds is 3. The first kappa shape index (κ1) is 21.4. The fourth-order valence-electron chi connectivity index (χ4n) is 4.04. The van der Waals surface area contributed by atoms with E-state index >= 15 is 0 Å². The number of aromatic nitrogens is 4. The summed E-state index contributed by atoms with van der Waals surface area (Å²) in [5.74, 6) is -0.304. The summed E-state index contributed by atoms with van der Waals surface area (Å²) in [5, 5.41) is 4.29. The third-order valence-corrected chi connectivity index (χ3v) is 5.75. The van der Waals surface area contributed by atoms with Gasteiger partial charge in [-0.2, -0.15) is 18.3 Å². The van der Waals surface area contributed by atoms with Crippen LogP contribution in [-0.2, 0) is 17.5 Å². The normalized spacial score (nSPS) is 26.2. The van der Waals surface area contributed by atoms with Crippen LogP contribution < -0.4 is 5.69 Å². The van der Waals surface area contributed by atoms with Crippen molar-refractivity contribution >= 4 is 5.91 Å². The molecule has 2 aliphatic heterocycles. The molecule has 12 heteroatoms. The van der Waals surface area contributed by atoms with E-state index in [4.69, 9.17) is 0 Å². The molecule has 0 aliphatic carbocycles. The fraction of sp³-hybridized carbons (Fsp3) is 0.579. The largest absolute Gasteiger partial charge is 0.433 e. The quantitative estimate of drug-likeness (QED) is 0.681. The first-order chi connectivity index (χ1) is 14.6. The monoisotopic (exact) mass is 445 g/mol. The van der Waals surface area contributed by atoms with Crippen molar-refractivity contribution < 1.29 is 26.7 Å². The maximum Gasteiger partial charge on any atom is 0.433 e. The van der Waals surface area contributed by atoms with Gasteiger partial charge >= 0.3 is 11.9 Å². The molecule has 2 aliphatic rings. The molecule has 4 heterocycles. The van der Waals surface area contributed by atoms with E-state index in [0.29, 0.717) is 24.2 Å². The van der Waals surface area contributed by atoms with E-state index in [1.807, 2.05) is 6.92 Å². The van der Waals surface area contributed by atoms with Crippen LogP contribution in [0, 0.1) is 0 Å². The highest BCUT2D eigenvalue weighted by atomic mass is 19.4. The van der Waals surface area contributed by atoms with Gasteiger partial charge in [0.2, 0.25) is 5.91 Å². The zero-order valence-corrected chi connectivity index (χ0v) is 16.5. The van der Waals surface area contributed by atoms with Gasteiger partial charge in [-0.25, -0.2) is 18.3 Å². The lowest BCUT2D eigenvalue weighted by Gasteiger charge is -2.29. The summed E-state index contributed by atoms with van der Waals surface area (Å²) >= 11 is 0.